The van der Waals surface area contributed by atoms with E-state index in [1.807, 2.05) is 13.8 Å². The van der Waals surface area contributed by atoms with Gasteiger partial charge >= 0.3 is 0 Å². The van der Waals surface area contributed by atoms with Gasteiger partial charge in [0, 0.05) is 11.5 Å². The molecule has 0 nitrogen and oxygen atoms in total. The van der Waals surface area contributed by atoms with E-state index in [-0.39, 0.29) is 0 Å². The summed E-state index contributed by atoms with van der Waals surface area (Å²) in [5.41, 5.74) is 0. The first kappa shape index (κ1) is 9.53. The minimum atomic E-state index is 0.962. The highest BCUT2D eigenvalue weighted by Crippen LogP contribution is 2.01. The standard InChI is InChI=1S/C6H10S3/c1-5(7)3-9-4-6(2)8/h3-4H2,1-2H3. The van der Waals surface area contributed by atoms with E-state index in [0.29, 0.717) is 0 Å². The van der Waals surface area contributed by atoms with E-state index >= 15 is 0 Å². The lowest BCUT2D eigenvalue weighted by atomic mass is 10.6. The molecule has 52 valence electrons. The predicted molar refractivity (Wildman–Crippen MR) is 53.9 cm³/mol. The predicted octanol–water partition coefficient (Wildman–Crippen LogP) is 2.50. The Balaban J connectivity index is 3.10. The Morgan fingerprint density at radius 1 is 1.11 bits per heavy atom. The molecule has 0 N–H and O–H groups in total. The minimum Gasteiger partial charge on any atom is -0.151 e. The summed E-state index contributed by atoms with van der Waals surface area (Å²) in [7, 11) is 0. The van der Waals surface area contributed by atoms with Crippen molar-refractivity contribution < 1.29 is 0 Å². The van der Waals surface area contributed by atoms with Gasteiger partial charge in [-0.25, -0.2) is 0 Å². The highest BCUT2D eigenvalue weighted by atomic mass is 32.2. The van der Waals surface area contributed by atoms with Gasteiger partial charge in [-0.3, -0.25) is 0 Å². The molecule has 0 spiro atoms. The van der Waals surface area contributed by atoms with Gasteiger partial charge in [0.15, 0.2) is 0 Å². The third-order valence-electron chi connectivity index (χ3n) is 0.611. The molecule has 0 saturated heterocycles. The van der Waals surface area contributed by atoms with Crippen LogP contribution in [0.2, 0.25) is 0 Å². The van der Waals surface area contributed by atoms with Crippen molar-refractivity contribution in [2.75, 3.05) is 11.5 Å². The van der Waals surface area contributed by atoms with Crippen LogP contribution in [0.25, 0.3) is 0 Å². The first-order valence-corrected chi connectivity index (χ1v) is 4.66. The third-order valence-corrected chi connectivity index (χ3v) is 2.54. The second-order valence-corrected chi connectivity index (χ2v) is 4.28. The number of hydrogen-bond acceptors (Lipinski definition) is 3. The average Bonchev–Trinajstić information content (AvgIpc) is 1.63. The van der Waals surface area contributed by atoms with Gasteiger partial charge in [0.2, 0.25) is 0 Å². The molecule has 0 aromatic carbocycles. The molecule has 0 fully saturated rings. The number of rotatable bonds is 4. The van der Waals surface area contributed by atoms with Crippen molar-refractivity contribution >= 4 is 45.9 Å². The molecule has 0 aliphatic rings. The summed E-state index contributed by atoms with van der Waals surface area (Å²) in [6.45, 7) is 3.92. The van der Waals surface area contributed by atoms with Crippen molar-refractivity contribution in [1.82, 2.24) is 0 Å². The highest BCUT2D eigenvalue weighted by Gasteiger charge is 1.90. The maximum Gasteiger partial charge on any atom is 0.0249 e. The Hall–Kier alpha value is 0.530. The first-order chi connectivity index (χ1) is 4.13. The topological polar surface area (TPSA) is 0 Å². The van der Waals surface area contributed by atoms with Crippen LogP contribution >= 0.6 is 36.2 Å². The summed E-state index contributed by atoms with van der Waals surface area (Å²) in [4.78, 5) is 2.10. The molecule has 0 bridgehead atoms. The Morgan fingerprint density at radius 3 is 1.67 bits per heavy atom. The molecule has 0 amide bonds. The molecule has 9 heavy (non-hydrogen) atoms. The molecule has 0 heterocycles. The summed E-state index contributed by atoms with van der Waals surface area (Å²) in [6.07, 6.45) is 0. The van der Waals surface area contributed by atoms with E-state index in [2.05, 4.69) is 0 Å². The number of thiocarbonyl (C=S) groups is 2. The van der Waals surface area contributed by atoms with E-state index < -0.39 is 0 Å². The Kier molecular flexibility index (Phi) is 5.64. The molecule has 0 saturated carbocycles. The van der Waals surface area contributed by atoms with Gasteiger partial charge in [-0.2, -0.15) is 11.8 Å². The van der Waals surface area contributed by atoms with Crippen LogP contribution in [-0.4, -0.2) is 21.2 Å². The van der Waals surface area contributed by atoms with E-state index in [1.165, 1.54) is 0 Å². The summed E-state index contributed by atoms with van der Waals surface area (Å²) >= 11 is 11.6. The van der Waals surface area contributed by atoms with E-state index in [4.69, 9.17) is 24.4 Å². The fraction of sp³-hybridized carbons (Fsp3) is 0.667. The van der Waals surface area contributed by atoms with Crippen molar-refractivity contribution in [3.63, 3.8) is 0 Å². The molecule has 0 atom stereocenters. The first-order valence-electron chi connectivity index (χ1n) is 2.69. The number of hydrogen-bond donors (Lipinski definition) is 0. The molecule has 0 unspecified atom stereocenters. The molecule has 0 rings (SSSR count). The van der Waals surface area contributed by atoms with Crippen LogP contribution in [0.1, 0.15) is 13.8 Å². The SMILES string of the molecule is CC(=S)CSCC(C)=S. The summed E-state index contributed by atoms with van der Waals surface area (Å²) in [5.74, 6) is 1.92. The molecule has 0 aliphatic heterocycles. The van der Waals surface area contributed by atoms with E-state index in [0.717, 1.165) is 21.2 Å². The maximum absolute atomic E-state index is 4.88. The fourth-order valence-electron chi connectivity index (χ4n) is 0.338. The van der Waals surface area contributed by atoms with Crippen LogP contribution in [0.15, 0.2) is 0 Å². The second-order valence-electron chi connectivity index (χ2n) is 1.90. The van der Waals surface area contributed by atoms with Crippen LogP contribution < -0.4 is 0 Å². The van der Waals surface area contributed by atoms with Gasteiger partial charge in [-0.15, -0.1) is 0 Å². The van der Waals surface area contributed by atoms with E-state index in [1.54, 1.807) is 11.8 Å². The van der Waals surface area contributed by atoms with Crippen LogP contribution in [0.3, 0.4) is 0 Å². The molecular formula is C6H10S3. The summed E-state index contributed by atoms with van der Waals surface area (Å²) < 4.78 is 0. The highest BCUT2D eigenvalue weighted by molar-refractivity contribution is 8.02. The number of thioether (sulfide) groups is 1. The van der Waals surface area contributed by atoms with Crippen LogP contribution in [-0.2, 0) is 0 Å². The Labute approximate surface area is 71.4 Å². The van der Waals surface area contributed by atoms with Crippen LogP contribution in [0.5, 0.6) is 0 Å². The third kappa shape index (κ3) is 8.53. The smallest absolute Gasteiger partial charge is 0.0249 e. The molecule has 0 aromatic heterocycles. The molecule has 0 aliphatic carbocycles. The average molecular weight is 178 g/mol. The Bertz CT molecular complexity index is 103. The largest absolute Gasteiger partial charge is 0.151 e. The van der Waals surface area contributed by atoms with Gasteiger partial charge in [0.25, 0.3) is 0 Å². The van der Waals surface area contributed by atoms with Gasteiger partial charge in [0.05, 0.1) is 0 Å². The minimum absolute atomic E-state index is 0.962. The molecular weight excluding hydrogens is 168 g/mol. The normalized spacial score (nSPS) is 9.11. The quantitative estimate of drug-likeness (QED) is 0.607. The van der Waals surface area contributed by atoms with Gasteiger partial charge < -0.3 is 0 Å². The van der Waals surface area contributed by atoms with Crippen LogP contribution in [0, 0.1) is 0 Å². The van der Waals surface area contributed by atoms with Crippen molar-refractivity contribution in [3.05, 3.63) is 0 Å². The Morgan fingerprint density at radius 2 is 1.44 bits per heavy atom. The van der Waals surface area contributed by atoms with Gasteiger partial charge in [0.1, 0.15) is 0 Å². The summed E-state index contributed by atoms with van der Waals surface area (Å²) in [6, 6.07) is 0. The lowest BCUT2D eigenvalue weighted by molar-refractivity contribution is 1.81. The summed E-state index contributed by atoms with van der Waals surface area (Å²) in [5, 5.41) is 0. The molecule has 0 aromatic rings. The van der Waals surface area contributed by atoms with Crippen molar-refractivity contribution in [2.24, 2.45) is 0 Å². The van der Waals surface area contributed by atoms with E-state index in [9.17, 15) is 0 Å². The maximum atomic E-state index is 4.88. The zero-order valence-electron chi connectivity index (χ0n) is 5.64. The molecule has 3 heteroatoms. The van der Waals surface area contributed by atoms with Gasteiger partial charge in [-0.1, -0.05) is 24.4 Å². The zero-order chi connectivity index (χ0) is 7.28. The van der Waals surface area contributed by atoms with Crippen LogP contribution in [0.4, 0.5) is 0 Å². The van der Waals surface area contributed by atoms with Gasteiger partial charge in [-0.05, 0) is 23.6 Å². The van der Waals surface area contributed by atoms with Crippen molar-refractivity contribution in [3.8, 4) is 0 Å². The fourth-order valence-corrected chi connectivity index (χ4v) is 1.52. The lowest BCUT2D eigenvalue weighted by Gasteiger charge is -1.95. The molecule has 0 radical (unpaired) electrons. The zero-order valence-corrected chi connectivity index (χ0v) is 8.09. The van der Waals surface area contributed by atoms with Crippen molar-refractivity contribution in [2.45, 2.75) is 13.8 Å². The second kappa shape index (κ2) is 5.33. The lowest BCUT2D eigenvalue weighted by Crippen LogP contribution is -1.96. The van der Waals surface area contributed by atoms with Crippen molar-refractivity contribution in [1.29, 1.82) is 0 Å². The monoisotopic (exact) mass is 178 g/mol.